The SMILES string of the molecule is CC(C)(C)C1C=c2ccc3c4c(ccc(c24)C1)=C(C1=CC=CCC1)CC3. The third-order valence-electron chi connectivity index (χ3n) is 6.67. The molecule has 0 fully saturated rings. The highest BCUT2D eigenvalue weighted by Crippen LogP contribution is 2.36. The van der Waals surface area contributed by atoms with Crippen LogP contribution in [0.15, 0.2) is 48.1 Å². The molecule has 0 heteroatoms. The maximum atomic E-state index is 2.55. The lowest BCUT2D eigenvalue weighted by Crippen LogP contribution is -2.29. The van der Waals surface area contributed by atoms with Crippen LogP contribution in [0.1, 0.15) is 51.2 Å². The molecule has 3 aliphatic rings. The number of hydrogen-bond donors (Lipinski definition) is 0. The molecule has 0 radical (unpaired) electrons. The van der Waals surface area contributed by atoms with Gasteiger partial charge in [0, 0.05) is 0 Å². The molecule has 0 aliphatic heterocycles. The van der Waals surface area contributed by atoms with Crippen LogP contribution in [0, 0.1) is 11.3 Å². The van der Waals surface area contributed by atoms with Crippen LogP contribution in [0.4, 0.5) is 0 Å². The maximum absolute atomic E-state index is 2.55. The van der Waals surface area contributed by atoms with Gasteiger partial charge in [0.25, 0.3) is 0 Å². The molecule has 0 nitrogen and oxygen atoms in total. The molecule has 26 heavy (non-hydrogen) atoms. The molecule has 3 aliphatic carbocycles. The highest BCUT2D eigenvalue weighted by Gasteiger charge is 2.27. The second-order valence-electron chi connectivity index (χ2n) is 9.32. The summed E-state index contributed by atoms with van der Waals surface area (Å²) >= 11 is 0. The van der Waals surface area contributed by atoms with E-state index in [1.165, 1.54) is 42.5 Å². The molecule has 2 aromatic rings. The van der Waals surface area contributed by atoms with Gasteiger partial charge < -0.3 is 0 Å². The van der Waals surface area contributed by atoms with Crippen LogP contribution in [-0.4, -0.2) is 0 Å². The third-order valence-corrected chi connectivity index (χ3v) is 6.67. The average molecular weight is 341 g/mol. The minimum Gasteiger partial charge on any atom is -0.0842 e. The van der Waals surface area contributed by atoms with Crippen LogP contribution < -0.4 is 10.4 Å². The first kappa shape index (κ1) is 16.1. The summed E-state index contributed by atoms with van der Waals surface area (Å²) in [4.78, 5) is 0. The minimum absolute atomic E-state index is 0.314. The van der Waals surface area contributed by atoms with Crippen molar-refractivity contribution in [2.45, 2.75) is 52.9 Å². The van der Waals surface area contributed by atoms with Gasteiger partial charge in [0.2, 0.25) is 0 Å². The molecule has 0 N–H and O–H groups in total. The summed E-state index contributed by atoms with van der Waals surface area (Å²) in [5.41, 5.74) is 6.59. The zero-order valence-electron chi connectivity index (χ0n) is 16.2. The van der Waals surface area contributed by atoms with Gasteiger partial charge in [-0.15, -0.1) is 0 Å². The smallest absolute Gasteiger partial charge is 0.00677 e. The first-order valence-corrected chi connectivity index (χ1v) is 10.2. The number of benzene rings is 2. The predicted octanol–water partition coefficient (Wildman–Crippen LogP) is 5.21. The summed E-state index contributed by atoms with van der Waals surface area (Å²) in [5.74, 6) is 0.618. The lowest BCUT2D eigenvalue weighted by Gasteiger charge is -2.32. The van der Waals surface area contributed by atoms with Crippen molar-refractivity contribution in [3.05, 3.63) is 69.6 Å². The Kier molecular flexibility index (Phi) is 3.54. The first-order chi connectivity index (χ1) is 12.5. The standard InChI is InChI=1S/C26H28/c1-26(2,3)21-15-19-10-9-18-11-13-22(17-7-5-4-6-8-17)23-14-12-20(16-21)24(19)25(18)23/h4-5,7,9-10,12,14-15,21H,6,8,11,13,16H2,1-3H3. The molecule has 0 spiro atoms. The Balaban J connectivity index is 1.85. The molecule has 0 saturated heterocycles. The summed E-state index contributed by atoms with van der Waals surface area (Å²) in [6, 6.07) is 9.65. The Morgan fingerprint density at radius 1 is 0.885 bits per heavy atom. The van der Waals surface area contributed by atoms with Gasteiger partial charge in [-0.05, 0) is 86.9 Å². The van der Waals surface area contributed by atoms with E-state index in [9.17, 15) is 0 Å². The van der Waals surface area contributed by atoms with Crippen molar-refractivity contribution in [1.29, 1.82) is 0 Å². The highest BCUT2D eigenvalue weighted by molar-refractivity contribution is 5.94. The van der Waals surface area contributed by atoms with E-state index in [2.05, 4.69) is 69.3 Å². The number of hydrogen-bond acceptors (Lipinski definition) is 0. The van der Waals surface area contributed by atoms with Crippen LogP contribution in [0.25, 0.3) is 22.4 Å². The van der Waals surface area contributed by atoms with Gasteiger partial charge in [-0.3, -0.25) is 0 Å². The summed E-state index contributed by atoms with van der Waals surface area (Å²) in [7, 11) is 0. The van der Waals surface area contributed by atoms with Crippen LogP contribution in [0.2, 0.25) is 0 Å². The monoisotopic (exact) mass is 340 g/mol. The van der Waals surface area contributed by atoms with Gasteiger partial charge in [0.05, 0.1) is 0 Å². The van der Waals surface area contributed by atoms with Gasteiger partial charge in [0.15, 0.2) is 0 Å². The molecule has 1 atom stereocenters. The molecule has 0 bridgehead atoms. The number of allylic oxidation sites excluding steroid dienone is 4. The predicted molar refractivity (Wildman–Crippen MR) is 112 cm³/mol. The van der Waals surface area contributed by atoms with E-state index in [4.69, 9.17) is 0 Å². The Morgan fingerprint density at radius 3 is 2.50 bits per heavy atom. The normalized spacial score (nSPS) is 21.6. The van der Waals surface area contributed by atoms with Crippen LogP contribution >= 0.6 is 0 Å². The van der Waals surface area contributed by atoms with E-state index in [0.29, 0.717) is 11.3 Å². The topological polar surface area (TPSA) is 0 Å². The van der Waals surface area contributed by atoms with E-state index >= 15 is 0 Å². The zero-order chi connectivity index (χ0) is 17.9. The summed E-state index contributed by atoms with van der Waals surface area (Å²) in [6.07, 6.45) is 15.4. The molecule has 2 aromatic carbocycles. The Bertz CT molecular complexity index is 1080. The van der Waals surface area contributed by atoms with Gasteiger partial charge in [-0.25, -0.2) is 0 Å². The van der Waals surface area contributed by atoms with Gasteiger partial charge in [-0.1, -0.05) is 69.3 Å². The second kappa shape index (κ2) is 5.71. The molecule has 0 aromatic heterocycles. The van der Waals surface area contributed by atoms with Crippen molar-refractivity contribution in [1.82, 2.24) is 0 Å². The molecular weight excluding hydrogens is 312 g/mol. The molecule has 132 valence electrons. The average Bonchev–Trinajstić information content (AvgIpc) is 2.65. The maximum Gasteiger partial charge on any atom is -0.00677 e. The molecular formula is C26H28. The fourth-order valence-corrected chi connectivity index (χ4v) is 5.09. The van der Waals surface area contributed by atoms with Gasteiger partial charge >= 0.3 is 0 Å². The van der Waals surface area contributed by atoms with E-state index in [0.717, 1.165) is 0 Å². The molecule has 0 saturated carbocycles. The fraction of sp³-hybridized carbons (Fsp3) is 0.385. The quantitative estimate of drug-likeness (QED) is 0.668. The van der Waals surface area contributed by atoms with Crippen molar-refractivity contribution < 1.29 is 0 Å². The zero-order valence-corrected chi connectivity index (χ0v) is 16.2. The summed E-state index contributed by atoms with van der Waals surface area (Å²) in [5, 5.41) is 6.08. The van der Waals surface area contributed by atoms with E-state index < -0.39 is 0 Å². The largest absolute Gasteiger partial charge is 0.0842 e. The van der Waals surface area contributed by atoms with Gasteiger partial charge in [-0.2, -0.15) is 0 Å². The van der Waals surface area contributed by atoms with Crippen molar-refractivity contribution in [2.75, 3.05) is 0 Å². The lowest BCUT2D eigenvalue weighted by atomic mass is 9.72. The second-order valence-corrected chi connectivity index (χ2v) is 9.32. The molecule has 0 heterocycles. The summed E-state index contributed by atoms with van der Waals surface area (Å²) in [6.45, 7) is 7.12. The number of aryl methyl sites for hydroxylation is 1. The molecule has 0 amide bonds. The van der Waals surface area contributed by atoms with Crippen molar-refractivity contribution in [3.8, 4) is 0 Å². The fourth-order valence-electron chi connectivity index (χ4n) is 5.09. The Morgan fingerprint density at radius 2 is 1.73 bits per heavy atom. The Hall–Kier alpha value is -2.08. The van der Waals surface area contributed by atoms with E-state index in [1.807, 2.05) is 0 Å². The van der Waals surface area contributed by atoms with E-state index in [1.54, 1.807) is 33.0 Å². The van der Waals surface area contributed by atoms with Crippen LogP contribution in [0.3, 0.4) is 0 Å². The van der Waals surface area contributed by atoms with Crippen LogP contribution in [0.5, 0.6) is 0 Å². The third kappa shape index (κ3) is 2.42. The van der Waals surface area contributed by atoms with E-state index in [-0.39, 0.29) is 0 Å². The highest BCUT2D eigenvalue weighted by atomic mass is 14.3. The van der Waals surface area contributed by atoms with Crippen molar-refractivity contribution in [3.63, 3.8) is 0 Å². The van der Waals surface area contributed by atoms with Crippen LogP contribution in [-0.2, 0) is 12.8 Å². The van der Waals surface area contributed by atoms with Crippen molar-refractivity contribution >= 4 is 22.4 Å². The number of rotatable bonds is 1. The molecule has 5 rings (SSSR count). The van der Waals surface area contributed by atoms with Gasteiger partial charge in [0.1, 0.15) is 0 Å². The first-order valence-electron chi connectivity index (χ1n) is 10.2. The summed E-state index contributed by atoms with van der Waals surface area (Å²) < 4.78 is 0. The Labute approximate surface area is 156 Å². The van der Waals surface area contributed by atoms with Crippen molar-refractivity contribution in [2.24, 2.45) is 11.3 Å². The minimum atomic E-state index is 0.314. The lowest BCUT2D eigenvalue weighted by molar-refractivity contribution is 0.306. The molecule has 1 unspecified atom stereocenters.